The van der Waals surface area contributed by atoms with Gasteiger partial charge in [-0.3, -0.25) is 19.1 Å². The van der Waals surface area contributed by atoms with Crippen molar-refractivity contribution in [3.05, 3.63) is 62.5 Å². The first-order valence-electron chi connectivity index (χ1n) is 13.5. The first kappa shape index (κ1) is 29.2. The zero-order chi connectivity index (χ0) is 28.3. The number of Topliss-reactive ketones (excluding diaryl/α,β-unsaturated/α-hetero) is 1. The Balaban J connectivity index is 1.48. The number of hydrogen-bond acceptors (Lipinski definition) is 7. The lowest BCUT2D eigenvalue weighted by molar-refractivity contribution is -0.154. The third kappa shape index (κ3) is 7.03. The molecule has 0 saturated carbocycles. The lowest BCUT2D eigenvalue weighted by Gasteiger charge is -2.19. The number of hydrogen-bond donors (Lipinski definition) is 0. The quantitative estimate of drug-likeness (QED) is 0.187. The van der Waals surface area contributed by atoms with Gasteiger partial charge < -0.3 is 4.74 Å². The minimum absolute atomic E-state index is 0.150. The number of esters is 1. The van der Waals surface area contributed by atoms with Crippen LogP contribution in [-0.4, -0.2) is 37.8 Å². The Morgan fingerprint density at radius 3 is 2.33 bits per heavy atom. The summed E-state index contributed by atoms with van der Waals surface area (Å²) in [5, 5.41) is 10.6. The topological polar surface area (TPSA) is 86.4 Å². The summed E-state index contributed by atoms with van der Waals surface area (Å²) in [4.78, 5) is 31.4. The van der Waals surface area contributed by atoms with Crippen LogP contribution in [0, 0.1) is 20.8 Å². The molecule has 208 valence electrons. The second-order valence-electron chi connectivity index (χ2n) is 11.1. The fourth-order valence-electron chi connectivity index (χ4n) is 4.79. The summed E-state index contributed by atoms with van der Waals surface area (Å²) in [6, 6.07) is 7.26. The summed E-state index contributed by atoms with van der Waals surface area (Å²) in [5.74, 6) is 1.46. The number of nitrogens with zero attached hydrogens (tertiary/aromatic N) is 4. The molecule has 3 aromatic rings. The van der Waals surface area contributed by atoms with Gasteiger partial charge in [-0.15, -0.1) is 21.5 Å². The summed E-state index contributed by atoms with van der Waals surface area (Å²) in [6.45, 7) is 11.8. The van der Waals surface area contributed by atoms with Crippen molar-refractivity contribution < 1.29 is 14.3 Å². The van der Waals surface area contributed by atoms with Crippen LogP contribution in [0.2, 0.25) is 5.02 Å². The van der Waals surface area contributed by atoms with E-state index in [2.05, 4.69) is 28.6 Å². The molecule has 0 bridgehead atoms. The number of rotatable bonds is 10. The molecule has 4 rings (SSSR count). The Kier molecular flexibility index (Phi) is 9.07. The van der Waals surface area contributed by atoms with Gasteiger partial charge in [-0.1, -0.05) is 36.6 Å². The molecule has 1 aliphatic rings. The van der Waals surface area contributed by atoms with Crippen LogP contribution in [0.1, 0.15) is 105 Å². The van der Waals surface area contributed by atoms with Gasteiger partial charge in [0.2, 0.25) is 0 Å². The van der Waals surface area contributed by atoms with Gasteiger partial charge in [-0.2, -0.15) is 0 Å². The van der Waals surface area contributed by atoms with E-state index in [1.807, 2.05) is 52.0 Å². The standard InChI is InChI=1S/C30H37ClN4O3S/c1-18-19(2)39-29-26(18)27(21-13-15-22(31)16-14-21)32-24(28-34-33-20(3)35(28)29)17-23(36)11-9-7-8-10-12-25(37)38-30(4,5)6/h13-16,24H,7-12,17H2,1-6H3/t24-/m0/s1. The Morgan fingerprint density at radius 1 is 1.00 bits per heavy atom. The van der Waals surface area contributed by atoms with Crippen LogP contribution >= 0.6 is 22.9 Å². The smallest absolute Gasteiger partial charge is 0.306 e. The van der Waals surface area contributed by atoms with Crippen molar-refractivity contribution in [2.45, 2.75) is 98.1 Å². The van der Waals surface area contributed by atoms with Crippen LogP contribution in [0.4, 0.5) is 0 Å². The van der Waals surface area contributed by atoms with Crippen LogP contribution in [0.5, 0.6) is 0 Å². The maximum Gasteiger partial charge on any atom is 0.306 e. The summed E-state index contributed by atoms with van der Waals surface area (Å²) in [7, 11) is 0. The normalized spacial score (nSPS) is 14.8. The molecule has 0 radical (unpaired) electrons. The van der Waals surface area contributed by atoms with E-state index in [0.29, 0.717) is 23.7 Å². The van der Waals surface area contributed by atoms with Gasteiger partial charge in [0.05, 0.1) is 5.71 Å². The highest BCUT2D eigenvalue weighted by Crippen LogP contribution is 2.39. The lowest BCUT2D eigenvalue weighted by Crippen LogP contribution is -2.23. The molecule has 1 aliphatic heterocycles. The number of ketones is 1. The highest BCUT2D eigenvalue weighted by molar-refractivity contribution is 7.15. The summed E-state index contributed by atoms with van der Waals surface area (Å²) in [6.07, 6.45) is 4.48. The number of aryl methyl sites for hydroxylation is 2. The second kappa shape index (κ2) is 12.1. The molecule has 0 saturated heterocycles. The second-order valence-corrected chi connectivity index (χ2v) is 12.8. The van der Waals surface area contributed by atoms with Crippen LogP contribution < -0.4 is 0 Å². The fraction of sp³-hybridized carbons (Fsp3) is 0.500. The Labute approximate surface area is 239 Å². The van der Waals surface area contributed by atoms with Crippen LogP contribution in [0.15, 0.2) is 29.3 Å². The maximum absolute atomic E-state index is 13.1. The maximum atomic E-state index is 13.1. The highest BCUT2D eigenvalue weighted by Gasteiger charge is 2.32. The third-order valence-corrected chi connectivity index (χ3v) is 8.23. The number of fused-ring (bicyclic) bond motifs is 3. The van der Waals surface area contributed by atoms with Crippen molar-refractivity contribution in [1.82, 2.24) is 14.8 Å². The molecule has 9 heteroatoms. The predicted octanol–water partition coefficient (Wildman–Crippen LogP) is 7.44. The Hall–Kier alpha value is -2.84. The predicted molar refractivity (Wildman–Crippen MR) is 156 cm³/mol. The largest absolute Gasteiger partial charge is 0.460 e. The molecular weight excluding hydrogens is 532 g/mol. The molecular formula is C30H37ClN4O3S. The van der Waals surface area contributed by atoms with Crippen LogP contribution in [0.3, 0.4) is 0 Å². The van der Waals surface area contributed by atoms with Gasteiger partial charge in [0.1, 0.15) is 28.3 Å². The molecule has 0 unspecified atom stereocenters. The van der Waals surface area contributed by atoms with Crippen molar-refractivity contribution >= 4 is 40.4 Å². The lowest BCUT2D eigenvalue weighted by atomic mass is 9.99. The summed E-state index contributed by atoms with van der Waals surface area (Å²) >= 11 is 7.88. The Morgan fingerprint density at radius 2 is 1.67 bits per heavy atom. The third-order valence-electron chi connectivity index (χ3n) is 6.78. The first-order valence-corrected chi connectivity index (χ1v) is 14.7. The van der Waals surface area contributed by atoms with Crippen molar-refractivity contribution in [3.8, 4) is 5.00 Å². The number of thiophene rings is 1. The van der Waals surface area contributed by atoms with E-state index in [0.717, 1.165) is 53.3 Å². The van der Waals surface area contributed by atoms with E-state index in [1.165, 1.54) is 10.4 Å². The van der Waals surface area contributed by atoms with Gasteiger partial charge in [-0.25, -0.2) is 0 Å². The number of halogens is 1. The molecule has 2 aromatic heterocycles. The summed E-state index contributed by atoms with van der Waals surface area (Å²) in [5.41, 5.74) is 3.58. The number of unbranched alkanes of at least 4 members (excludes halogenated alkanes) is 3. The monoisotopic (exact) mass is 568 g/mol. The van der Waals surface area contributed by atoms with Gasteiger partial charge in [0, 0.05) is 40.3 Å². The Bertz CT molecular complexity index is 1380. The molecule has 0 aliphatic carbocycles. The highest BCUT2D eigenvalue weighted by atomic mass is 35.5. The van der Waals surface area contributed by atoms with Crippen LogP contribution in [0.25, 0.3) is 5.00 Å². The van der Waals surface area contributed by atoms with Gasteiger partial charge >= 0.3 is 5.97 Å². The van der Waals surface area contributed by atoms with E-state index < -0.39 is 11.6 Å². The SMILES string of the molecule is Cc1sc2c(c1C)C(c1ccc(Cl)cc1)=N[C@@H](CC(=O)CCCCCCC(=O)OC(C)(C)C)c1nnc(C)n1-2. The average Bonchev–Trinajstić information content (AvgIpc) is 3.33. The van der Waals surface area contributed by atoms with Crippen molar-refractivity contribution in [3.63, 3.8) is 0 Å². The molecule has 1 atom stereocenters. The number of carbonyl (C=O) groups excluding carboxylic acids is 2. The van der Waals surface area contributed by atoms with Gasteiger partial charge in [0.15, 0.2) is 5.82 Å². The fourth-order valence-corrected chi connectivity index (χ4v) is 6.13. The van der Waals surface area contributed by atoms with Gasteiger partial charge in [-0.05, 0) is 72.1 Å². The van der Waals surface area contributed by atoms with E-state index in [9.17, 15) is 9.59 Å². The first-order chi connectivity index (χ1) is 18.4. The molecule has 39 heavy (non-hydrogen) atoms. The van der Waals surface area contributed by atoms with E-state index in [4.69, 9.17) is 21.3 Å². The molecule has 0 amide bonds. The van der Waals surface area contributed by atoms with Crippen molar-refractivity contribution in [1.29, 1.82) is 0 Å². The van der Waals surface area contributed by atoms with E-state index in [1.54, 1.807) is 11.3 Å². The molecule has 7 nitrogen and oxygen atoms in total. The van der Waals surface area contributed by atoms with E-state index in [-0.39, 0.29) is 18.2 Å². The number of ether oxygens (including phenoxy) is 1. The van der Waals surface area contributed by atoms with Crippen LogP contribution in [-0.2, 0) is 14.3 Å². The number of aromatic nitrogens is 3. The number of carbonyl (C=O) groups is 2. The van der Waals surface area contributed by atoms with Gasteiger partial charge in [0.25, 0.3) is 0 Å². The molecule has 1 aromatic carbocycles. The minimum atomic E-state index is -0.456. The molecule has 0 fully saturated rings. The molecule has 0 N–H and O–H groups in total. The molecule has 0 spiro atoms. The minimum Gasteiger partial charge on any atom is -0.460 e. The van der Waals surface area contributed by atoms with E-state index >= 15 is 0 Å². The number of aliphatic imine (C=N–C) groups is 1. The summed E-state index contributed by atoms with van der Waals surface area (Å²) < 4.78 is 7.43. The molecule has 3 heterocycles. The zero-order valence-corrected chi connectivity index (χ0v) is 25.2. The number of benzene rings is 1. The average molecular weight is 569 g/mol. The van der Waals surface area contributed by atoms with Crippen molar-refractivity contribution in [2.75, 3.05) is 0 Å². The zero-order valence-electron chi connectivity index (χ0n) is 23.6. The van der Waals surface area contributed by atoms with Crippen molar-refractivity contribution in [2.24, 2.45) is 4.99 Å².